The van der Waals surface area contributed by atoms with Crippen LogP contribution < -0.4 is 9.47 Å². The lowest BCUT2D eigenvalue weighted by molar-refractivity contribution is 0.104. The zero-order valence-electron chi connectivity index (χ0n) is 17.7. The molecule has 0 bridgehead atoms. The Kier molecular flexibility index (Phi) is 7.12. The van der Waals surface area contributed by atoms with Crippen LogP contribution in [0.25, 0.3) is 6.08 Å². The van der Waals surface area contributed by atoms with E-state index in [0.29, 0.717) is 30.3 Å². The quantitative estimate of drug-likeness (QED) is 0.222. The van der Waals surface area contributed by atoms with E-state index >= 15 is 0 Å². The molecule has 0 aliphatic heterocycles. The number of ketones is 1. The van der Waals surface area contributed by atoms with E-state index in [2.05, 4.69) is 0 Å². The van der Waals surface area contributed by atoms with Gasteiger partial charge >= 0.3 is 0 Å². The topological polar surface area (TPSA) is 35.5 Å². The van der Waals surface area contributed by atoms with Crippen LogP contribution in [0, 0.1) is 0 Å². The van der Waals surface area contributed by atoms with Crippen LogP contribution in [0.1, 0.15) is 27.0 Å². The standard InChI is InChI=1S/C29H24O3/c30-27(18-16-23-10-4-1-5-11-23)26-17-19-28(31-21-24-12-6-2-7-13-24)29(20-26)32-22-25-14-8-3-9-15-25/h1-20H,21-22H2/b18-16+. The molecule has 3 nitrogen and oxygen atoms in total. The van der Waals surface area contributed by atoms with Crippen LogP contribution in [0.15, 0.2) is 115 Å². The smallest absolute Gasteiger partial charge is 0.185 e. The van der Waals surface area contributed by atoms with Crippen LogP contribution in [0.3, 0.4) is 0 Å². The van der Waals surface area contributed by atoms with Crippen molar-refractivity contribution in [1.82, 2.24) is 0 Å². The van der Waals surface area contributed by atoms with Crippen molar-refractivity contribution in [2.24, 2.45) is 0 Å². The van der Waals surface area contributed by atoms with Crippen molar-refractivity contribution in [3.8, 4) is 11.5 Å². The summed E-state index contributed by atoms with van der Waals surface area (Å²) in [6.45, 7) is 0.809. The molecule has 0 radical (unpaired) electrons. The lowest BCUT2D eigenvalue weighted by atomic mass is 10.1. The van der Waals surface area contributed by atoms with Gasteiger partial charge in [-0.25, -0.2) is 0 Å². The third-order valence-corrected chi connectivity index (χ3v) is 4.93. The molecule has 0 aromatic heterocycles. The van der Waals surface area contributed by atoms with Gasteiger partial charge in [0.05, 0.1) is 0 Å². The molecule has 3 heteroatoms. The summed E-state index contributed by atoms with van der Waals surface area (Å²) in [6, 6.07) is 34.9. The second-order valence-electron chi connectivity index (χ2n) is 7.32. The second kappa shape index (κ2) is 10.8. The molecule has 0 fully saturated rings. The van der Waals surface area contributed by atoms with E-state index in [1.54, 1.807) is 24.3 Å². The fourth-order valence-corrected chi connectivity index (χ4v) is 3.20. The first-order valence-electron chi connectivity index (χ1n) is 10.5. The van der Waals surface area contributed by atoms with E-state index in [1.165, 1.54) is 0 Å². The van der Waals surface area contributed by atoms with Crippen LogP contribution in [-0.2, 0) is 13.2 Å². The number of hydrogen-bond donors (Lipinski definition) is 0. The average Bonchev–Trinajstić information content (AvgIpc) is 2.87. The maximum atomic E-state index is 12.8. The molecule has 4 aromatic rings. The molecule has 0 saturated carbocycles. The Morgan fingerprint density at radius 1 is 0.625 bits per heavy atom. The summed E-state index contributed by atoms with van der Waals surface area (Å²) in [4.78, 5) is 12.8. The summed E-state index contributed by atoms with van der Waals surface area (Å²) in [5.41, 5.74) is 3.63. The highest BCUT2D eigenvalue weighted by atomic mass is 16.5. The normalized spacial score (nSPS) is 10.8. The zero-order chi connectivity index (χ0) is 22.0. The molecule has 0 saturated heterocycles. The fourth-order valence-electron chi connectivity index (χ4n) is 3.20. The molecule has 0 atom stereocenters. The van der Waals surface area contributed by atoms with E-state index < -0.39 is 0 Å². The van der Waals surface area contributed by atoms with E-state index in [-0.39, 0.29) is 5.78 Å². The van der Waals surface area contributed by atoms with Crippen LogP contribution in [0.5, 0.6) is 11.5 Å². The van der Waals surface area contributed by atoms with Gasteiger partial charge in [0.1, 0.15) is 13.2 Å². The number of benzene rings is 4. The predicted molar refractivity (Wildman–Crippen MR) is 128 cm³/mol. The highest BCUT2D eigenvalue weighted by Gasteiger charge is 2.11. The van der Waals surface area contributed by atoms with Crippen LogP contribution >= 0.6 is 0 Å². The highest BCUT2D eigenvalue weighted by molar-refractivity contribution is 6.07. The lowest BCUT2D eigenvalue weighted by Crippen LogP contribution is -2.03. The number of ether oxygens (including phenoxy) is 2. The van der Waals surface area contributed by atoms with Crippen molar-refractivity contribution in [2.45, 2.75) is 13.2 Å². The molecule has 4 aromatic carbocycles. The third-order valence-electron chi connectivity index (χ3n) is 4.93. The largest absolute Gasteiger partial charge is 0.485 e. The zero-order valence-corrected chi connectivity index (χ0v) is 17.7. The Morgan fingerprint density at radius 3 is 1.75 bits per heavy atom. The molecule has 0 aliphatic rings. The van der Waals surface area contributed by atoms with Gasteiger partial charge in [0.2, 0.25) is 0 Å². The minimum absolute atomic E-state index is 0.0898. The van der Waals surface area contributed by atoms with Gasteiger partial charge < -0.3 is 9.47 Å². The SMILES string of the molecule is O=C(/C=C/c1ccccc1)c1ccc(OCc2ccccc2)c(OCc2ccccc2)c1. The predicted octanol–water partition coefficient (Wildman–Crippen LogP) is 6.74. The summed E-state index contributed by atoms with van der Waals surface area (Å²) >= 11 is 0. The number of rotatable bonds is 9. The first-order valence-corrected chi connectivity index (χ1v) is 10.5. The van der Waals surface area contributed by atoms with Crippen molar-refractivity contribution < 1.29 is 14.3 Å². The van der Waals surface area contributed by atoms with Crippen molar-refractivity contribution in [2.75, 3.05) is 0 Å². The van der Waals surface area contributed by atoms with E-state index in [0.717, 1.165) is 16.7 Å². The molecule has 0 heterocycles. The summed E-state index contributed by atoms with van der Waals surface area (Å²) in [7, 11) is 0. The van der Waals surface area contributed by atoms with Crippen LogP contribution in [0.2, 0.25) is 0 Å². The minimum atomic E-state index is -0.0898. The number of carbonyl (C=O) groups is 1. The molecule has 158 valence electrons. The molecular formula is C29H24O3. The minimum Gasteiger partial charge on any atom is -0.485 e. The van der Waals surface area contributed by atoms with Gasteiger partial charge in [-0.15, -0.1) is 0 Å². The van der Waals surface area contributed by atoms with Gasteiger partial charge in [-0.3, -0.25) is 4.79 Å². The van der Waals surface area contributed by atoms with Gasteiger partial charge in [-0.2, -0.15) is 0 Å². The summed E-state index contributed by atoms with van der Waals surface area (Å²) in [5.74, 6) is 1.06. The van der Waals surface area contributed by atoms with Crippen LogP contribution in [-0.4, -0.2) is 5.78 Å². The van der Waals surface area contributed by atoms with Gasteiger partial charge in [0, 0.05) is 5.56 Å². The second-order valence-corrected chi connectivity index (χ2v) is 7.32. The molecular weight excluding hydrogens is 396 g/mol. The molecule has 0 aliphatic carbocycles. The van der Waals surface area contributed by atoms with Crippen molar-refractivity contribution in [3.05, 3.63) is 138 Å². The van der Waals surface area contributed by atoms with Gasteiger partial charge in [0.15, 0.2) is 17.3 Å². The number of hydrogen-bond acceptors (Lipinski definition) is 3. The van der Waals surface area contributed by atoms with Crippen molar-refractivity contribution >= 4 is 11.9 Å². The number of allylic oxidation sites excluding steroid dienone is 1. The van der Waals surface area contributed by atoms with Crippen LogP contribution in [0.4, 0.5) is 0 Å². The van der Waals surface area contributed by atoms with Gasteiger partial charge in [-0.05, 0) is 41.0 Å². The maximum Gasteiger partial charge on any atom is 0.185 e. The average molecular weight is 421 g/mol. The van der Waals surface area contributed by atoms with E-state index in [1.807, 2.05) is 97.1 Å². The Morgan fingerprint density at radius 2 is 1.16 bits per heavy atom. The fraction of sp³-hybridized carbons (Fsp3) is 0.0690. The van der Waals surface area contributed by atoms with E-state index in [4.69, 9.17) is 9.47 Å². The summed E-state index contributed by atoms with van der Waals surface area (Å²) < 4.78 is 12.1. The highest BCUT2D eigenvalue weighted by Crippen LogP contribution is 2.30. The first kappa shape index (κ1) is 21.1. The monoisotopic (exact) mass is 420 g/mol. The molecule has 0 unspecified atom stereocenters. The Hall–Kier alpha value is -4.11. The summed E-state index contributed by atoms with van der Waals surface area (Å²) in [5, 5.41) is 0. The van der Waals surface area contributed by atoms with Gasteiger partial charge in [-0.1, -0.05) is 97.1 Å². The molecule has 4 rings (SSSR count). The molecule has 0 spiro atoms. The number of carbonyl (C=O) groups excluding carboxylic acids is 1. The lowest BCUT2D eigenvalue weighted by Gasteiger charge is -2.14. The Labute approximate surface area is 188 Å². The molecule has 0 N–H and O–H groups in total. The molecule has 0 amide bonds. The first-order chi connectivity index (χ1) is 15.8. The van der Waals surface area contributed by atoms with Crippen molar-refractivity contribution in [3.63, 3.8) is 0 Å². The Bertz CT molecular complexity index is 1170. The maximum absolute atomic E-state index is 12.8. The van der Waals surface area contributed by atoms with Crippen molar-refractivity contribution in [1.29, 1.82) is 0 Å². The molecule has 32 heavy (non-hydrogen) atoms. The Balaban J connectivity index is 1.53. The van der Waals surface area contributed by atoms with E-state index in [9.17, 15) is 4.79 Å². The van der Waals surface area contributed by atoms with Gasteiger partial charge in [0.25, 0.3) is 0 Å². The third kappa shape index (κ3) is 5.96. The summed E-state index contributed by atoms with van der Waals surface area (Å²) in [6.07, 6.45) is 3.39.